The molecular formula is C8H16S. The largest absolute Gasteiger partial charge is 0.0929 e. The van der Waals surface area contributed by atoms with E-state index in [2.05, 4.69) is 27.7 Å². The molecule has 0 bridgehead atoms. The van der Waals surface area contributed by atoms with Crippen molar-refractivity contribution in [3.05, 3.63) is 0 Å². The van der Waals surface area contributed by atoms with Crippen LogP contribution in [0.4, 0.5) is 0 Å². The molecule has 0 saturated carbocycles. The normalized spacial score (nSPS) is 17.4. The molecule has 0 aliphatic heterocycles. The van der Waals surface area contributed by atoms with E-state index in [4.69, 9.17) is 12.2 Å². The van der Waals surface area contributed by atoms with Gasteiger partial charge in [-0.15, -0.1) is 0 Å². The molecule has 9 heavy (non-hydrogen) atoms. The van der Waals surface area contributed by atoms with Gasteiger partial charge in [0.2, 0.25) is 0 Å². The number of thiocarbonyl (C=S) groups is 1. The van der Waals surface area contributed by atoms with Crippen LogP contribution in [0, 0.1) is 11.3 Å². The molecule has 0 rings (SSSR count). The minimum atomic E-state index is 0.273. The van der Waals surface area contributed by atoms with E-state index in [1.165, 1.54) is 0 Å². The molecule has 0 aliphatic rings. The molecule has 54 valence electrons. The highest BCUT2D eigenvalue weighted by Crippen LogP contribution is 2.28. The van der Waals surface area contributed by atoms with Gasteiger partial charge in [0.1, 0.15) is 0 Å². The first kappa shape index (κ1) is 9.09. The van der Waals surface area contributed by atoms with Crippen molar-refractivity contribution in [1.29, 1.82) is 0 Å². The van der Waals surface area contributed by atoms with E-state index in [9.17, 15) is 0 Å². The molecule has 0 aromatic rings. The molecule has 0 N–H and O–H groups in total. The minimum Gasteiger partial charge on any atom is -0.0929 e. The molecule has 0 aliphatic carbocycles. The molecular weight excluding hydrogens is 128 g/mol. The van der Waals surface area contributed by atoms with Crippen LogP contribution >= 0.6 is 12.2 Å². The summed E-state index contributed by atoms with van der Waals surface area (Å²) in [7, 11) is 0. The summed E-state index contributed by atoms with van der Waals surface area (Å²) in [6, 6.07) is 0. The van der Waals surface area contributed by atoms with Crippen LogP contribution in [0.25, 0.3) is 0 Å². The van der Waals surface area contributed by atoms with E-state index in [-0.39, 0.29) is 5.41 Å². The summed E-state index contributed by atoms with van der Waals surface area (Å²) in [5.41, 5.74) is 0.273. The fourth-order valence-corrected chi connectivity index (χ4v) is 1.07. The predicted molar refractivity (Wildman–Crippen MR) is 46.9 cm³/mol. The van der Waals surface area contributed by atoms with Crippen LogP contribution in [0.3, 0.4) is 0 Å². The zero-order chi connectivity index (χ0) is 7.49. The van der Waals surface area contributed by atoms with E-state index in [0.717, 1.165) is 6.42 Å². The summed E-state index contributed by atoms with van der Waals surface area (Å²) in [5, 5.41) is 1.90. The van der Waals surface area contributed by atoms with Crippen molar-refractivity contribution in [2.75, 3.05) is 0 Å². The average Bonchev–Trinajstić information content (AvgIpc) is 1.86. The molecule has 0 nitrogen and oxygen atoms in total. The molecule has 0 fully saturated rings. The molecule has 0 heterocycles. The van der Waals surface area contributed by atoms with Crippen molar-refractivity contribution in [1.82, 2.24) is 0 Å². The Hall–Kier alpha value is 0.0900. The van der Waals surface area contributed by atoms with Crippen LogP contribution in [0.1, 0.15) is 34.1 Å². The maximum absolute atomic E-state index is 4.94. The molecule has 0 aromatic carbocycles. The lowest BCUT2D eigenvalue weighted by Gasteiger charge is -2.27. The average molecular weight is 144 g/mol. The molecule has 0 amide bonds. The van der Waals surface area contributed by atoms with Gasteiger partial charge in [0.25, 0.3) is 0 Å². The van der Waals surface area contributed by atoms with Crippen molar-refractivity contribution < 1.29 is 0 Å². The molecule has 0 spiro atoms. The van der Waals surface area contributed by atoms with Crippen LogP contribution in [-0.4, -0.2) is 5.37 Å². The third-order valence-electron chi connectivity index (χ3n) is 2.35. The number of hydrogen-bond donors (Lipinski definition) is 0. The van der Waals surface area contributed by atoms with Gasteiger partial charge < -0.3 is 0 Å². The fraction of sp³-hybridized carbons (Fsp3) is 0.875. The summed E-state index contributed by atoms with van der Waals surface area (Å²) in [6.07, 6.45) is 1.15. The van der Waals surface area contributed by atoms with Crippen LogP contribution < -0.4 is 0 Å². The first-order chi connectivity index (χ1) is 4.06. The molecule has 0 aromatic heterocycles. The smallest absolute Gasteiger partial charge is 0.00215 e. The second kappa shape index (κ2) is 3.31. The van der Waals surface area contributed by atoms with Crippen LogP contribution in [0.15, 0.2) is 0 Å². The Kier molecular flexibility index (Phi) is 3.34. The lowest BCUT2D eigenvalue weighted by molar-refractivity contribution is 0.330. The molecule has 1 atom stereocenters. The lowest BCUT2D eigenvalue weighted by atomic mass is 9.79. The third-order valence-corrected chi connectivity index (χ3v) is 2.89. The Balaban J connectivity index is 4.08. The van der Waals surface area contributed by atoms with Gasteiger partial charge in [-0.3, -0.25) is 0 Å². The SMILES string of the molecule is CCC(C)(C=S)C(C)C. The van der Waals surface area contributed by atoms with Gasteiger partial charge in [0.15, 0.2) is 0 Å². The van der Waals surface area contributed by atoms with Gasteiger partial charge in [-0.05, 0) is 23.1 Å². The Labute approximate surface area is 63.7 Å². The second-order valence-electron chi connectivity index (χ2n) is 3.13. The van der Waals surface area contributed by atoms with Crippen LogP contribution in [-0.2, 0) is 0 Å². The Morgan fingerprint density at radius 3 is 2.00 bits per heavy atom. The fourth-order valence-electron chi connectivity index (χ4n) is 0.628. The van der Waals surface area contributed by atoms with E-state index in [0.29, 0.717) is 5.92 Å². The van der Waals surface area contributed by atoms with Crippen molar-refractivity contribution in [3.8, 4) is 0 Å². The third kappa shape index (κ3) is 2.05. The first-order valence-electron chi connectivity index (χ1n) is 3.53. The minimum absolute atomic E-state index is 0.273. The van der Waals surface area contributed by atoms with E-state index in [1.807, 2.05) is 5.37 Å². The Morgan fingerprint density at radius 1 is 1.56 bits per heavy atom. The van der Waals surface area contributed by atoms with Crippen LogP contribution in [0.5, 0.6) is 0 Å². The highest BCUT2D eigenvalue weighted by Gasteiger charge is 2.22. The van der Waals surface area contributed by atoms with Crippen molar-refractivity contribution >= 4 is 17.6 Å². The quantitative estimate of drug-likeness (QED) is 0.549. The van der Waals surface area contributed by atoms with Gasteiger partial charge in [0.05, 0.1) is 0 Å². The van der Waals surface area contributed by atoms with E-state index < -0.39 is 0 Å². The number of hydrogen-bond acceptors (Lipinski definition) is 1. The highest BCUT2D eigenvalue weighted by molar-refractivity contribution is 7.79. The zero-order valence-corrected chi connectivity index (χ0v) is 7.59. The van der Waals surface area contributed by atoms with Crippen LogP contribution in [0.2, 0.25) is 0 Å². The summed E-state index contributed by atoms with van der Waals surface area (Å²) < 4.78 is 0. The van der Waals surface area contributed by atoms with E-state index in [1.54, 1.807) is 0 Å². The zero-order valence-electron chi connectivity index (χ0n) is 6.77. The second-order valence-corrected chi connectivity index (χ2v) is 3.37. The molecule has 0 saturated heterocycles. The van der Waals surface area contributed by atoms with Gasteiger partial charge >= 0.3 is 0 Å². The van der Waals surface area contributed by atoms with Gasteiger partial charge in [0, 0.05) is 0 Å². The van der Waals surface area contributed by atoms with Gasteiger partial charge in [-0.2, -0.15) is 0 Å². The lowest BCUT2D eigenvalue weighted by Crippen LogP contribution is -2.22. The van der Waals surface area contributed by atoms with Crippen molar-refractivity contribution in [3.63, 3.8) is 0 Å². The maximum atomic E-state index is 4.94. The van der Waals surface area contributed by atoms with Gasteiger partial charge in [-0.1, -0.05) is 39.9 Å². The summed E-state index contributed by atoms with van der Waals surface area (Å²) in [5.74, 6) is 0.667. The topological polar surface area (TPSA) is 0 Å². The number of rotatable bonds is 3. The predicted octanol–water partition coefficient (Wildman–Crippen LogP) is 3.06. The highest BCUT2D eigenvalue weighted by atomic mass is 32.1. The molecule has 1 unspecified atom stereocenters. The summed E-state index contributed by atoms with van der Waals surface area (Å²) in [4.78, 5) is 0. The standard InChI is InChI=1S/C8H16S/c1-5-8(4,6-9)7(2)3/h6-7H,5H2,1-4H3. The Morgan fingerprint density at radius 2 is 2.00 bits per heavy atom. The van der Waals surface area contributed by atoms with E-state index >= 15 is 0 Å². The monoisotopic (exact) mass is 144 g/mol. The summed E-state index contributed by atoms with van der Waals surface area (Å²) >= 11 is 4.94. The first-order valence-corrected chi connectivity index (χ1v) is 4.00. The summed E-state index contributed by atoms with van der Waals surface area (Å²) in [6.45, 7) is 8.83. The molecule has 0 radical (unpaired) electrons. The maximum Gasteiger partial charge on any atom is -0.00215 e. The Bertz CT molecular complexity index is 96.7. The molecule has 1 heteroatoms. The van der Waals surface area contributed by atoms with Crippen molar-refractivity contribution in [2.45, 2.75) is 34.1 Å². The van der Waals surface area contributed by atoms with Gasteiger partial charge in [-0.25, -0.2) is 0 Å². The van der Waals surface area contributed by atoms with Crippen molar-refractivity contribution in [2.24, 2.45) is 11.3 Å².